The van der Waals surface area contributed by atoms with Gasteiger partial charge < -0.3 is 4.74 Å². The first-order valence-corrected chi connectivity index (χ1v) is 9.89. The molecule has 27 heavy (non-hydrogen) atoms. The second kappa shape index (κ2) is 8.12. The molecular formula is C18H13Cl2FN2O3S. The van der Waals surface area contributed by atoms with Gasteiger partial charge in [-0.05, 0) is 54.1 Å². The van der Waals surface area contributed by atoms with E-state index in [0.717, 1.165) is 29.8 Å². The van der Waals surface area contributed by atoms with Gasteiger partial charge in [0.1, 0.15) is 12.4 Å². The van der Waals surface area contributed by atoms with E-state index in [9.17, 15) is 12.8 Å². The van der Waals surface area contributed by atoms with Crippen molar-refractivity contribution in [1.82, 2.24) is 4.98 Å². The third-order valence-corrected chi connectivity index (χ3v) is 5.60. The molecule has 0 aliphatic heterocycles. The highest BCUT2D eigenvalue weighted by molar-refractivity contribution is 7.92. The first-order valence-electron chi connectivity index (χ1n) is 7.65. The number of benzene rings is 2. The Morgan fingerprint density at radius 2 is 1.78 bits per heavy atom. The average Bonchev–Trinajstić information content (AvgIpc) is 2.64. The van der Waals surface area contributed by atoms with Crippen LogP contribution >= 0.6 is 23.2 Å². The average molecular weight is 427 g/mol. The minimum atomic E-state index is -3.95. The number of halogens is 3. The van der Waals surface area contributed by atoms with Gasteiger partial charge in [-0.25, -0.2) is 17.8 Å². The summed E-state index contributed by atoms with van der Waals surface area (Å²) in [7, 11) is -3.95. The van der Waals surface area contributed by atoms with Gasteiger partial charge in [0.15, 0.2) is 11.6 Å². The maximum Gasteiger partial charge on any atom is 0.263 e. The fourth-order valence-corrected chi connectivity index (χ4v) is 3.51. The third kappa shape index (κ3) is 4.88. The highest BCUT2D eigenvalue weighted by atomic mass is 35.5. The van der Waals surface area contributed by atoms with Crippen molar-refractivity contribution >= 4 is 39.0 Å². The van der Waals surface area contributed by atoms with Gasteiger partial charge in [0.2, 0.25) is 0 Å². The maximum atomic E-state index is 13.0. The van der Waals surface area contributed by atoms with Gasteiger partial charge in [-0.3, -0.25) is 4.72 Å². The van der Waals surface area contributed by atoms with Crippen LogP contribution in [0.2, 0.25) is 10.0 Å². The Hall–Kier alpha value is -2.35. The van der Waals surface area contributed by atoms with Crippen LogP contribution in [0.25, 0.3) is 0 Å². The Bertz CT molecular complexity index is 1060. The van der Waals surface area contributed by atoms with Crippen LogP contribution in [0, 0.1) is 5.82 Å². The zero-order chi connectivity index (χ0) is 19.4. The molecule has 3 rings (SSSR count). The summed E-state index contributed by atoms with van der Waals surface area (Å²) in [4.78, 5) is 3.92. The van der Waals surface area contributed by atoms with Crippen LogP contribution < -0.4 is 9.46 Å². The molecular weight excluding hydrogens is 414 g/mol. The van der Waals surface area contributed by atoms with Crippen LogP contribution in [0.15, 0.2) is 65.7 Å². The van der Waals surface area contributed by atoms with E-state index in [-0.39, 0.29) is 23.1 Å². The van der Waals surface area contributed by atoms with Crippen molar-refractivity contribution in [2.75, 3.05) is 4.72 Å². The number of nitrogens with one attached hydrogen (secondary N) is 1. The normalized spacial score (nSPS) is 11.2. The molecule has 0 aliphatic carbocycles. The van der Waals surface area contributed by atoms with Gasteiger partial charge in [0, 0.05) is 6.20 Å². The molecule has 0 radical (unpaired) electrons. The molecule has 1 heterocycles. The molecule has 0 amide bonds. The molecule has 2 aromatic carbocycles. The minimum absolute atomic E-state index is 0.0156. The Morgan fingerprint density at radius 3 is 2.48 bits per heavy atom. The number of rotatable bonds is 6. The van der Waals surface area contributed by atoms with Crippen LogP contribution in [0.4, 0.5) is 10.2 Å². The lowest BCUT2D eigenvalue weighted by molar-refractivity contribution is 0.307. The molecule has 9 heteroatoms. The maximum absolute atomic E-state index is 13.0. The summed E-state index contributed by atoms with van der Waals surface area (Å²) in [6.07, 6.45) is 1.43. The second-order valence-electron chi connectivity index (χ2n) is 5.45. The van der Waals surface area contributed by atoms with Crippen LogP contribution in [-0.2, 0) is 16.6 Å². The lowest BCUT2D eigenvalue weighted by Crippen LogP contribution is -2.15. The predicted molar refractivity (Wildman–Crippen MR) is 102 cm³/mol. The number of sulfonamides is 1. The Kier molecular flexibility index (Phi) is 5.84. The van der Waals surface area contributed by atoms with Gasteiger partial charge in [-0.2, -0.15) is 0 Å². The van der Waals surface area contributed by atoms with E-state index in [2.05, 4.69) is 9.71 Å². The summed E-state index contributed by atoms with van der Waals surface area (Å²) in [5.74, 6) is -0.284. The molecule has 1 aromatic heterocycles. The number of hydrogen-bond donors (Lipinski definition) is 1. The van der Waals surface area contributed by atoms with E-state index in [1.165, 1.54) is 6.20 Å². The molecule has 0 bridgehead atoms. The Labute approximate surface area is 165 Å². The van der Waals surface area contributed by atoms with Crippen LogP contribution in [-0.4, -0.2) is 13.4 Å². The second-order valence-corrected chi connectivity index (χ2v) is 7.94. The number of anilines is 1. The zero-order valence-corrected chi connectivity index (χ0v) is 16.0. The summed E-state index contributed by atoms with van der Waals surface area (Å²) in [5, 5.41) is 0.815. The molecule has 0 saturated heterocycles. The fourth-order valence-electron chi connectivity index (χ4n) is 2.17. The lowest BCUT2D eigenvalue weighted by atomic mass is 10.2. The summed E-state index contributed by atoms with van der Waals surface area (Å²) >= 11 is 11.9. The Morgan fingerprint density at radius 1 is 1.04 bits per heavy atom. The predicted octanol–water partition coefficient (Wildman–Crippen LogP) is 4.91. The van der Waals surface area contributed by atoms with Crippen molar-refractivity contribution in [2.24, 2.45) is 0 Å². The quantitative estimate of drug-likeness (QED) is 0.607. The van der Waals surface area contributed by atoms with Crippen LogP contribution in [0.3, 0.4) is 0 Å². The topological polar surface area (TPSA) is 68.3 Å². The molecule has 0 spiro atoms. The highest BCUT2D eigenvalue weighted by Crippen LogP contribution is 2.27. The standard InChI is InChI=1S/C18H13Cl2FN2O3S/c19-15-8-3-12(10-16(15)20)11-26-17-2-1-9-22-18(17)23-27(24,25)14-6-4-13(21)5-7-14/h1-10H,11H2,(H,22,23). The van der Waals surface area contributed by atoms with E-state index < -0.39 is 15.8 Å². The van der Waals surface area contributed by atoms with E-state index in [0.29, 0.717) is 10.0 Å². The first-order chi connectivity index (χ1) is 12.8. The van der Waals surface area contributed by atoms with Crippen molar-refractivity contribution in [3.05, 3.63) is 82.2 Å². The zero-order valence-electron chi connectivity index (χ0n) is 13.7. The third-order valence-electron chi connectivity index (χ3n) is 3.50. The summed E-state index contributed by atoms with van der Waals surface area (Å²) < 4.78 is 45.9. The van der Waals surface area contributed by atoms with Gasteiger partial charge in [-0.15, -0.1) is 0 Å². The first kappa shape index (κ1) is 19.4. The lowest BCUT2D eigenvalue weighted by Gasteiger charge is -2.13. The molecule has 140 valence electrons. The SMILES string of the molecule is O=S(=O)(Nc1ncccc1OCc1ccc(Cl)c(Cl)c1)c1ccc(F)cc1. The molecule has 0 fully saturated rings. The number of hydrogen-bond acceptors (Lipinski definition) is 4. The Balaban J connectivity index is 1.79. The molecule has 5 nitrogen and oxygen atoms in total. The summed E-state index contributed by atoms with van der Waals surface area (Å²) in [6, 6.07) is 12.7. The molecule has 0 saturated carbocycles. The van der Waals surface area contributed by atoms with Crippen molar-refractivity contribution < 1.29 is 17.5 Å². The van der Waals surface area contributed by atoms with Gasteiger partial charge >= 0.3 is 0 Å². The van der Waals surface area contributed by atoms with Crippen LogP contribution in [0.5, 0.6) is 5.75 Å². The van der Waals surface area contributed by atoms with E-state index in [1.807, 2.05) is 0 Å². The van der Waals surface area contributed by atoms with Crippen molar-refractivity contribution in [3.8, 4) is 5.75 Å². The number of pyridine rings is 1. The van der Waals surface area contributed by atoms with Gasteiger partial charge in [0.05, 0.1) is 14.9 Å². The number of ether oxygens (including phenoxy) is 1. The van der Waals surface area contributed by atoms with E-state index in [4.69, 9.17) is 27.9 Å². The van der Waals surface area contributed by atoms with Crippen LogP contribution in [0.1, 0.15) is 5.56 Å². The summed E-state index contributed by atoms with van der Waals surface area (Å²) in [6.45, 7) is 0.133. The highest BCUT2D eigenvalue weighted by Gasteiger charge is 2.17. The smallest absolute Gasteiger partial charge is 0.263 e. The molecule has 1 N–H and O–H groups in total. The molecule has 3 aromatic rings. The minimum Gasteiger partial charge on any atom is -0.485 e. The van der Waals surface area contributed by atoms with Crippen molar-refractivity contribution in [2.45, 2.75) is 11.5 Å². The number of nitrogens with zero attached hydrogens (tertiary/aromatic N) is 1. The summed E-state index contributed by atoms with van der Waals surface area (Å²) in [5.41, 5.74) is 0.751. The van der Waals surface area contributed by atoms with E-state index >= 15 is 0 Å². The van der Waals surface area contributed by atoms with E-state index in [1.54, 1.807) is 30.3 Å². The van der Waals surface area contributed by atoms with Crippen molar-refractivity contribution in [1.29, 1.82) is 0 Å². The number of aromatic nitrogens is 1. The monoisotopic (exact) mass is 426 g/mol. The van der Waals surface area contributed by atoms with Gasteiger partial charge in [0.25, 0.3) is 10.0 Å². The largest absolute Gasteiger partial charge is 0.485 e. The fraction of sp³-hybridized carbons (Fsp3) is 0.0556. The molecule has 0 atom stereocenters. The molecule has 0 unspecified atom stereocenters. The van der Waals surface area contributed by atoms with Gasteiger partial charge in [-0.1, -0.05) is 29.3 Å². The molecule has 0 aliphatic rings. The van der Waals surface area contributed by atoms with Crippen molar-refractivity contribution in [3.63, 3.8) is 0 Å².